The molecular formula is C25H20N4O3S. The third-order valence-electron chi connectivity index (χ3n) is 5.24. The van der Waals surface area contributed by atoms with E-state index in [1.807, 2.05) is 61.5 Å². The predicted molar refractivity (Wildman–Crippen MR) is 128 cm³/mol. The molecule has 5 rings (SSSR count). The highest BCUT2D eigenvalue weighted by atomic mass is 32.1. The Balaban J connectivity index is 1.57. The van der Waals surface area contributed by atoms with Crippen molar-refractivity contribution in [3.8, 4) is 17.1 Å². The second-order valence-electron chi connectivity index (χ2n) is 7.45. The summed E-state index contributed by atoms with van der Waals surface area (Å²) < 4.78 is 11.9. The van der Waals surface area contributed by atoms with Crippen molar-refractivity contribution in [3.05, 3.63) is 89.9 Å². The standard InChI is InChI=1S/C25H20N4O3S/c1-16-10-11-20(31-2)22-23(16)33-25(27-22)29(15-17-7-6-12-26-14-17)24(30)19-13-21(32-28-19)18-8-4-3-5-9-18/h3-14H,15H2,1-2H3. The summed E-state index contributed by atoms with van der Waals surface area (Å²) in [7, 11) is 1.61. The quantitative estimate of drug-likeness (QED) is 0.335. The first kappa shape index (κ1) is 20.8. The molecule has 0 saturated carbocycles. The third-order valence-corrected chi connectivity index (χ3v) is 6.45. The van der Waals surface area contributed by atoms with Crippen LogP contribution in [-0.4, -0.2) is 28.1 Å². The number of methoxy groups -OCH3 is 1. The molecule has 0 fully saturated rings. The highest BCUT2D eigenvalue weighted by molar-refractivity contribution is 7.22. The summed E-state index contributed by atoms with van der Waals surface area (Å²) >= 11 is 1.44. The van der Waals surface area contributed by atoms with Crippen molar-refractivity contribution < 1.29 is 14.1 Å². The van der Waals surface area contributed by atoms with Gasteiger partial charge in [0.15, 0.2) is 16.6 Å². The molecule has 0 atom stereocenters. The number of ether oxygens (including phenoxy) is 1. The Morgan fingerprint density at radius 2 is 1.97 bits per heavy atom. The third kappa shape index (κ3) is 4.08. The number of carbonyl (C=O) groups excluding carboxylic acids is 1. The average molecular weight is 457 g/mol. The zero-order valence-corrected chi connectivity index (χ0v) is 18.9. The number of benzene rings is 2. The maximum absolute atomic E-state index is 13.6. The molecule has 0 unspecified atom stereocenters. The molecule has 164 valence electrons. The summed E-state index contributed by atoms with van der Waals surface area (Å²) in [6.45, 7) is 2.31. The lowest BCUT2D eigenvalue weighted by molar-refractivity contribution is 0.0976. The van der Waals surface area contributed by atoms with Crippen LogP contribution in [0.2, 0.25) is 0 Å². The average Bonchev–Trinajstić information content (AvgIpc) is 3.52. The number of rotatable bonds is 6. The van der Waals surface area contributed by atoms with Gasteiger partial charge in [-0.05, 0) is 30.2 Å². The number of anilines is 1. The van der Waals surface area contributed by atoms with E-state index in [2.05, 4.69) is 10.1 Å². The molecule has 0 aliphatic carbocycles. The van der Waals surface area contributed by atoms with Crippen molar-refractivity contribution >= 4 is 32.6 Å². The van der Waals surface area contributed by atoms with Crippen LogP contribution in [0.3, 0.4) is 0 Å². The summed E-state index contributed by atoms with van der Waals surface area (Å²) in [5, 5.41) is 4.61. The number of pyridine rings is 1. The monoisotopic (exact) mass is 456 g/mol. The van der Waals surface area contributed by atoms with E-state index in [4.69, 9.17) is 14.2 Å². The van der Waals surface area contributed by atoms with E-state index in [1.54, 1.807) is 30.5 Å². The normalized spacial score (nSPS) is 11.0. The van der Waals surface area contributed by atoms with E-state index in [-0.39, 0.29) is 11.6 Å². The lowest BCUT2D eigenvalue weighted by Gasteiger charge is -2.18. The maximum atomic E-state index is 13.6. The molecule has 0 aliphatic rings. The fraction of sp³-hybridized carbons (Fsp3) is 0.120. The Bertz CT molecular complexity index is 1410. The first-order chi connectivity index (χ1) is 16.1. The summed E-state index contributed by atoms with van der Waals surface area (Å²) in [5.41, 5.74) is 3.73. The van der Waals surface area contributed by atoms with Gasteiger partial charge in [0.1, 0.15) is 11.3 Å². The van der Waals surface area contributed by atoms with Crippen molar-refractivity contribution in [2.75, 3.05) is 12.0 Å². The Labute approximate surface area is 194 Å². The topological polar surface area (TPSA) is 81.4 Å². The van der Waals surface area contributed by atoms with Crippen molar-refractivity contribution in [2.24, 2.45) is 0 Å². The van der Waals surface area contributed by atoms with E-state index in [9.17, 15) is 4.79 Å². The summed E-state index contributed by atoms with van der Waals surface area (Å²) in [6.07, 6.45) is 3.43. The number of fused-ring (bicyclic) bond motifs is 1. The van der Waals surface area contributed by atoms with Crippen LogP contribution in [0, 0.1) is 6.92 Å². The van der Waals surface area contributed by atoms with Gasteiger partial charge >= 0.3 is 0 Å². The molecule has 5 aromatic rings. The van der Waals surface area contributed by atoms with E-state index >= 15 is 0 Å². The molecule has 0 saturated heterocycles. The summed E-state index contributed by atoms with van der Waals surface area (Å²) in [5.74, 6) is 0.891. The second-order valence-corrected chi connectivity index (χ2v) is 8.43. The minimum atomic E-state index is -0.305. The minimum Gasteiger partial charge on any atom is -0.494 e. The van der Waals surface area contributed by atoms with Crippen molar-refractivity contribution in [1.82, 2.24) is 15.1 Å². The van der Waals surface area contributed by atoms with Crippen LogP contribution in [0.1, 0.15) is 21.6 Å². The Morgan fingerprint density at radius 3 is 2.73 bits per heavy atom. The molecule has 0 bridgehead atoms. The van der Waals surface area contributed by atoms with Crippen molar-refractivity contribution in [3.63, 3.8) is 0 Å². The van der Waals surface area contributed by atoms with Gasteiger partial charge in [0, 0.05) is 24.0 Å². The lowest BCUT2D eigenvalue weighted by atomic mass is 10.1. The summed E-state index contributed by atoms with van der Waals surface area (Å²) in [4.78, 5) is 24.2. The van der Waals surface area contributed by atoms with Gasteiger partial charge in [-0.2, -0.15) is 0 Å². The zero-order chi connectivity index (χ0) is 22.8. The molecule has 1 amide bonds. The van der Waals surface area contributed by atoms with Gasteiger partial charge in [-0.15, -0.1) is 0 Å². The maximum Gasteiger partial charge on any atom is 0.282 e. The van der Waals surface area contributed by atoms with Gasteiger partial charge in [0.25, 0.3) is 5.91 Å². The number of amides is 1. The van der Waals surface area contributed by atoms with Gasteiger partial charge in [0.2, 0.25) is 0 Å². The number of nitrogens with zero attached hydrogens (tertiary/aromatic N) is 4. The molecule has 7 nitrogen and oxygen atoms in total. The highest BCUT2D eigenvalue weighted by Gasteiger charge is 2.26. The van der Waals surface area contributed by atoms with Crippen LogP contribution < -0.4 is 9.64 Å². The Kier molecular flexibility index (Phi) is 5.58. The fourth-order valence-corrected chi connectivity index (χ4v) is 4.58. The van der Waals surface area contributed by atoms with E-state index < -0.39 is 0 Å². The molecule has 8 heteroatoms. The number of hydrogen-bond donors (Lipinski definition) is 0. The van der Waals surface area contributed by atoms with Crippen molar-refractivity contribution in [2.45, 2.75) is 13.5 Å². The van der Waals surface area contributed by atoms with Gasteiger partial charge in [0.05, 0.1) is 18.4 Å². The smallest absolute Gasteiger partial charge is 0.282 e. The number of carbonyl (C=O) groups is 1. The number of aryl methyl sites for hydroxylation is 1. The van der Waals surface area contributed by atoms with E-state index in [0.717, 1.165) is 26.9 Å². The molecule has 0 radical (unpaired) electrons. The SMILES string of the molecule is COc1ccc(C)c2sc(N(Cc3cccnc3)C(=O)c3cc(-c4ccccc4)on3)nc12. The Hall–Kier alpha value is -4.04. The Morgan fingerprint density at radius 1 is 1.12 bits per heavy atom. The van der Waals surface area contributed by atoms with Gasteiger partial charge < -0.3 is 9.26 Å². The molecule has 2 aromatic carbocycles. The molecule has 3 heterocycles. The molecule has 33 heavy (non-hydrogen) atoms. The van der Waals surface area contributed by atoms with Crippen molar-refractivity contribution in [1.29, 1.82) is 0 Å². The molecule has 3 aromatic heterocycles. The van der Waals surface area contributed by atoms with Crippen LogP contribution in [0.15, 0.2) is 77.6 Å². The van der Waals surface area contributed by atoms with Crippen LogP contribution in [0.4, 0.5) is 5.13 Å². The van der Waals surface area contributed by atoms with Crippen LogP contribution >= 0.6 is 11.3 Å². The lowest BCUT2D eigenvalue weighted by Crippen LogP contribution is -2.30. The summed E-state index contributed by atoms with van der Waals surface area (Å²) in [6, 6.07) is 18.8. The predicted octanol–water partition coefficient (Wildman–Crippen LogP) is 5.51. The second kappa shape index (κ2) is 8.84. The van der Waals surface area contributed by atoms with Crippen LogP contribution in [-0.2, 0) is 6.54 Å². The molecule has 0 N–H and O–H groups in total. The number of aromatic nitrogens is 3. The number of hydrogen-bond acceptors (Lipinski definition) is 7. The molecule has 0 aliphatic heterocycles. The first-order valence-corrected chi connectivity index (χ1v) is 11.1. The zero-order valence-electron chi connectivity index (χ0n) is 18.1. The van der Waals surface area contributed by atoms with Gasteiger partial charge in [-0.1, -0.05) is 59.0 Å². The van der Waals surface area contributed by atoms with E-state index in [1.165, 1.54) is 11.3 Å². The molecule has 0 spiro atoms. The fourth-order valence-electron chi connectivity index (χ4n) is 3.53. The first-order valence-electron chi connectivity index (χ1n) is 10.3. The minimum absolute atomic E-state index is 0.209. The molecular weight excluding hydrogens is 436 g/mol. The van der Waals surface area contributed by atoms with Crippen LogP contribution in [0.5, 0.6) is 5.75 Å². The largest absolute Gasteiger partial charge is 0.494 e. The van der Waals surface area contributed by atoms with E-state index in [0.29, 0.717) is 23.2 Å². The van der Waals surface area contributed by atoms with Crippen LogP contribution in [0.25, 0.3) is 21.5 Å². The highest BCUT2D eigenvalue weighted by Crippen LogP contribution is 2.37. The number of thiazole rings is 1. The van der Waals surface area contributed by atoms with Gasteiger partial charge in [-0.25, -0.2) is 4.98 Å². The van der Waals surface area contributed by atoms with Gasteiger partial charge in [-0.3, -0.25) is 14.7 Å².